The van der Waals surface area contributed by atoms with Crippen LogP contribution in [-0.2, 0) is 20.5 Å². The first-order valence-corrected chi connectivity index (χ1v) is 9.95. The van der Waals surface area contributed by atoms with Gasteiger partial charge in [0.25, 0.3) is 0 Å². The minimum atomic E-state index is -3.57. The average molecular weight is 374 g/mol. The summed E-state index contributed by atoms with van der Waals surface area (Å²) in [6, 6.07) is 20.2. The van der Waals surface area contributed by atoms with Crippen molar-refractivity contribution in [3.63, 3.8) is 0 Å². The van der Waals surface area contributed by atoms with Gasteiger partial charge in [-0.05, 0) is 60.7 Å². The number of ether oxygens (including phenoxy) is 1. The number of sulfone groups is 1. The summed E-state index contributed by atoms with van der Waals surface area (Å²) >= 11 is 0. The van der Waals surface area contributed by atoms with E-state index in [1.165, 1.54) is 36.4 Å². The SMILES string of the molecule is O=[SH](=O)c1ccc(Oc2ccc(S(=O)(=O)c3ccccc3)cc2)cc1. The van der Waals surface area contributed by atoms with E-state index < -0.39 is 20.5 Å². The fourth-order valence-electron chi connectivity index (χ4n) is 2.19. The maximum atomic E-state index is 12.5. The van der Waals surface area contributed by atoms with Crippen LogP contribution in [0.2, 0.25) is 0 Å². The summed E-state index contributed by atoms with van der Waals surface area (Å²) in [5.74, 6) is 0.908. The Morgan fingerprint density at radius 3 is 1.64 bits per heavy atom. The Kier molecular flexibility index (Phi) is 4.87. The third kappa shape index (κ3) is 3.89. The number of rotatable bonds is 5. The molecule has 0 amide bonds. The average Bonchev–Trinajstić information content (AvgIpc) is 2.63. The van der Waals surface area contributed by atoms with Crippen molar-refractivity contribution >= 4 is 20.5 Å². The largest absolute Gasteiger partial charge is 0.457 e. The zero-order valence-corrected chi connectivity index (χ0v) is 14.6. The molecular weight excluding hydrogens is 360 g/mol. The van der Waals surface area contributed by atoms with E-state index in [1.54, 1.807) is 42.5 Å². The highest BCUT2D eigenvalue weighted by Gasteiger charge is 2.16. The van der Waals surface area contributed by atoms with E-state index >= 15 is 0 Å². The van der Waals surface area contributed by atoms with E-state index in [-0.39, 0.29) is 14.7 Å². The van der Waals surface area contributed by atoms with E-state index in [0.29, 0.717) is 11.5 Å². The Labute approximate surface area is 147 Å². The van der Waals surface area contributed by atoms with Crippen molar-refractivity contribution in [3.8, 4) is 11.5 Å². The third-order valence-corrected chi connectivity index (χ3v) is 5.98. The van der Waals surface area contributed by atoms with Crippen LogP contribution in [0.4, 0.5) is 0 Å². The van der Waals surface area contributed by atoms with Crippen molar-refractivity contribution in [1.29, 1.82) is 0 Å². The van der Waals surface area contributed by atoms with Crippen molar-refractivity contribution < 1.29 is 21.6 Å². The second-order valence-electron chi connectivity index (χ2n) is 5.14. The van der Waals surface area contributed by atoms with Crippen molar-refractivity contribution in [2.75, 3.05) is 0 Å². The third-order valence-electron chi connectivity index (χ3n) is 3.47. The molecule has 3 rings (SSSR count). The topological polar surface area (TPSA) is 77.5 Å². The standard InChI is InChI=1S/C18H14O5S2/c19-24(20)16-10-6-14(7-11-16)23-15-8-12-18(13-9-15)25(21,22)17-4-2-1-3-5-17/h1-13,24H. The van der Waals surface area contributed by atoms with Crippen molar-refractivity contribution in [3.05, 3.63) is 78.9 Å². The van der Waals surface area contributed by atoms with Gasteiger partial charge in [-0.3, -0.25) is 0 Å². The molecule has 0 radical (unpaired) electrons. The molecule has 25 heavy (non-hydrogen) atoms. The van der Waals surface area contributed by atoms with Crippen LogP contribution < -0.4 is 4.74 Å². The van der Waals surface area contributed by atoms with Gasteiger partial charge in [-0.1, -0.05) is 18.2 Å². The summed E-state index contributed by atoms with van der Waals surface area (Å²) in [6.07, 6.45) is 0. The summed E-state index contributed by atoms with van der Waals surface area (Å²) in [5.41, 5.74) is 0. The molecule has 0 saturated heterocycles. The first-order valence-electron chi connectivity index (χ1n) is 7.29. The monoisotopic (exact) mass is 374 g/mol. The molecule has 0 bridgehead atoms. The molecular formula is C18H14O5S2. The lowest BCUT2D eigenvalue weighted by atomic mass is 10.3. The molecule has 0 spiro atoms. The Bertz CT molecular complexity index is 1030. The molecule has 7 heteroatoms. The predicted octanol–water partition coefficient (Wildman–Crippen LogP) is 3.28. The zero-order valence-electron chi connectivity index (χ0n) is 12.9. The van der Waals surface area contributed by atoms with Crippen LogP contribution in [0.15, 0.2) is 93.5 Å². The molecule has 0 saturated carbocycles. The molecule has 3 aromatic rings. The Hall–Kier alpha value is -2.64. The highest BCUT2D eigenvalue weighted by molar-refractivity contribution is 7.91. The fraction of sp³-hybridized carbons (Fsp3) is 0. The molecule has 0 aliphatic carbocycles. The van der Waals surface area contributed by atoms with Gasteiger partial charge in [0, 0.05) is 0 Å². The van der Waals surface area contributed by atoms with Crippen LogP contribution in [0.3, 0.4) is 0 Å². The summed E-state index contributed by atoms with van der Waals surface area (Å²) in [4.78, 5) is 0.599. The zero-order chi connectivity index (χ0) is 17.9. The highest BCUT2D eigenvalue weighted by Crippen LogP contribution is 2.26. The van der Waals surface area contributed by atoms with Gasteiger partial charge in [-0.2, -0.15) is 0 Å². The molecule has 0 unspecified atom stereocenters. The molecule has 0 aliphatic heterocycles. The first kappa shape index (κ1) is 17.2. The van der Waals surface area contributed by atoms with Crippen LogP contribution in [-0.4, -0.2) is 16.8 Å². The Morgan fingerprint density at radius 1 is 0.640 bits per heavy atom. The predicted molar refractivity (Wildman–Crippen MR) is 93.4 cm³/mol. The summed E-state index contributed by atoms with van der Waals surface area (Å²) < 4.78 is 52.3. The van der Waals surface area contributed by atoms with Crippen LogP contribution in [0.25, 0.3) is 0 Å². The lowest BCUT2D eigenvalue weighted by Gasteiger charge is -2.08. The number of benzene rings is 3. The lowest BCUT2D eigenvalue weighted by Crippen LogP contribution is -2.01. The van der Waals surface area contributed by atoms with Gasteiger partial charge in [0.15, 0.2) is 10.7 Å². The lowest BCUT2D eigenvalue weighted by molar-refractivity contribution is 0.481. The number of hydrogen-bond donors (Lipinski definition) is 1. The molecule has 3 aromatic carbocycles. The van der Waals surface area contributed by atoms with E-state index in [9.17, 15) is 16.8 Å². The van der Waals surface area contributed by atoms with E-state index in [0.717, 1.165) is 0 Å². The Morgan fingerprint density at radius 2 is 1.12 bits per heavy atom. The van der Waals surface area contributed by atoms with Gasteiger partial charge in [-0.15, -0.1) is 0 Å². The smallest absolute Gasteiger partial charge is 0.206 e. The second kappa shape index (κ2) is 7.08. The molecule has 0 aromatic heterocycles. The summed E-state index contributed by atoms with van der Waals surface area (Å²) in [7, 11) is -6.20. The maximum Gasteiger partial charge on any atom is 0.206 e. The quantitative estimate of drug-likeness (QED) is 0.694. The molecule has 0 fully saturated rings. The second-order valence-corrected chi connectivity index (χ2v) is 8.12. The molecule has 128 valence electrons. The van der Waals surface area contributed by atoms with Gasteiger partial charge in [0.2, 0.25) is 9.84 Å². The van der Waals surface area contributed by atoms with Gasteiger partial charge < -0.3 is 4.74 Å². The maximum absolute atomic E-state index is 12.5. The van der Waals surface area contributed by atoms with Crippen LogP contribution in [0, 0.1) is 0 Å². The van der Waals surface area contributed by atoms with Crippen molar-refractivity contribution in [2.45, 2.75) is 14.7 Å². The van der Waals surface area contributed by atoms with Crippen molar-refractivity contribution in [1.82, 2.24) is 0 Å². The minimum Gasteiger partial charge on any atom is -0.457 e. The highest BCUT2D eigenvalue weighted by atomic mass is 32.2. The van der Waals surface area contributed by atoms with Crippen LogP contribution in [0.5, 0.6) is 11.5 Å². The van der Waals surface area contributed by atoms with Gasteiger partial charge in [0.1, 0.15) is 11.5 Å². The summed E-state index contributed by atoms with van der Waals surface area (Å²) in [5, 5.41) is 0. The van der Waals surface area contributed by atoms with Crippen LogP contribution in [0.1, 0.15) is 0 Å². The van der Waals surface area contributed by atoms with E-state index in [4.69, 9.17) is 4.74 Å². The van der Waals surface area contributed by atoms with E-state index in [1.807, 2.05) is 0 Å². The molecule has 0 heterocycles. The van der Waals surface area contributed by atoms with Gasteiger partial charge >= 0.3 is 0 Å². The molecule has 0 aliphatic rings. The number of thiol groups is 1. The van der Waals surface area contributed by atoms with Crippen molar-refractivity contribution in [2.24, 2.45) is 0 Å². The molecule has 0 atom stereocenters. The van der Waals surface area contributed by atoms with E-state index in [2.05, 4.69) is 0 Å². The normalized spacial score (nSPS) is 11.4. The van der Waals surface area contributed by atoms with Gasteiger partial charge in [0.05, 0.1) is 14.7 Å². The van der Waals surface area contributed by atoms with Crippen LogP contribution >= 0.6 is 0 Å². The minimum absolute atomic E-state index is 0.171. The first-order chi connectivity index (χ1) is 12.0. The molecule has 0 N–H and O–H groups in total. The Balaban J connectivity index is 1.81. The summed E-state index contributed by atoms with van der Waals surface area (Å²) in [6.45, 7) is 0. The fourth-order valence-corrected chi connectivity index (χ4v) is 3.87. The number of hydrogen-bond acceptors (Lipinski definition) is 5. The molecule has 5 nitrogen and oxygen atoms in total. The van der Waals surface area contributed by atoms with Gasteiger partial charge in [-0.25, -0.2) is 16.8 Å².